The Labute approximate surface area is 209 Å². The standard InChI is InChI=1S/C27H30N8O/c1-16-8-19-12-29-31-25(19)21(9-16)27(36)34-7-5-4-6-23(34)22-10-24-30-26(18(3)14-35(24)32-22)33-13-17(2)20(11-28)15-33/h8-10,12,14,17,20,23H,4-7,13,15H2,1-3H3,(H,29,31)/t17-,20+,23-/m0/s1. The zero-order valence-corrected chi connectivity index (χ0v) is 20.9. The van der Waals surface area contributed by atoms with Crippen molar-refractivity contribution in [2.75, 3.05) is 24.5 Å². The van der Waals surface area contributed by atoms with Crippen LogP contribution in [-0.2, 0) is 0 Å². The quantitative estimate of drug-likeness (QED) is 0.469. The summed E-state index contributed by atoms with van der Waals surface area (Å²) < 4.78 is 1.83. The van der Waals surface area contributed by atoms with E-state index in [1.54, 1.807) is 6.20 Å². The van der Waals surface area contributed by atoms with Crippen LogP contribution in [0.25, 0.3) is 16.6 Å². The molecule has 9 heteroatoms. The van der Waals surface area contributed by atoms with Crippen molar-refractivity contribution in [2.45, 2.75) is 46.1 Å². The van der Waals surface area contributed by atoms with Gasteiger partial charge in [-0.3, -0.25) is 9.89 Å². The topological polar surface area (TPSA) is 106 Å². The molecule has 1 aromatic carbocycles. The number of anilines is 1. The molecule has 0 aliphatic carbocycles. The lowest BCUT2D eigenvalue weighted by Gasteiger charge is -2.35. The first-order chi connectivity index (χ1) is 17.4. The van der Waals surface area contributed by atoms with Gasteiger partial charge in [0.05, 0.1) is 41.0 Å². The van der Waals surface area contributed by atoms with E-state index in [1.807, 2.05) is 47.7 Å². The van der Waals surface area contributed by atoms with E-state index in [0.717, 1.165) is 65.0 Å². The number of carbonyl (C=O) groups excluding carboxylic acids is 1. The summed E-state index contributed by atoms with van der Waals surface area (Å²) in [5, 5.41) is 22.4. The van der Waals surface area contributed by atoms with Gasteiger partial charge < -0.3 is 9.80 Å². The highest BCUT2D eigenvalue weighted by Crippen LogP contribution is 2.34. The van der Waals surface area contributed by atoms with Gasteiger partial charge >= 0.3 is 0 Å². The molecule has 3 aromatic heterocycles. The lowest BCUT2D eigenvalue weighted by atomic mass is 9.97. The molecule has 1 N–H and O–H groups in total. The van der Waals surface area contributed by atoms with Gasteiger partial charge in [0.15, 0.2) is 5.65 Å². The summed E-state index contributed by atoms with van der Waals surface area (Å²) in [5.74, 6) is 1.26. The number of nitrogens with one attached hydrogen (secondary N) is 1. The van der Waals surface area contributed by atoms with E-state index in [0.29, 0.717) is 24.6 Å². The summed E-state index contributed by atoms with van der Waals surface area (Å²) in [5.41, 5.74) is 5.14. The average Bonchev–Trinajstić information content (AvgIpc) is 3.60. The zero-order chi connectivity index (χ0) is 25.0. The van der Waals surface area contributed by atoms with Crippen molar-refractivity contribution in [3.63, 3.8) is 0 Å². The molecule has 2 fully saturated rings. The van der Waals surface area contributed by atoms with Crippen molar-refractivity contribution >= 4 is 28.3 Å². The van der Waals surface area contributed by atoms with Gasteiger partial charge in [-0.2, -0.15) is 15.5 Å². The molecular formula is C27H30N8O. The highest BCUT2D eigenvalue weighted by molar-refractivity contribution is 6.05. The Bertz CT molecular complexity index is 1510. The van der Waals surface area contributed by atoms with Gasteiger partial charge in [-0.15, -0.1) is 0 Å². The molecule has 5 heterocycles. The Balaban J connectivity index is 1.34. The maximum atomic E-state index is 13.8. The fourth-order valence-corrected chi connectivity index (χ4v) is 5.82. The van der Waals surface area contributed by atoms with Crippen molar-refractivity contribution in [1.82, 2.24) is 29.7 Å². The number of aromatic amines is 1. The summed E-state index contributed by atoms with van der Waals surface area (Å²) in [6.07, 6.45) is 6.67. The fourth-order valence-electron chi connectivity index (χ4n) is 5.82. The van der Waals surface area contributed by atoms with Crippen LogP contribution in [-0.4, -0.2) is 55.2 Å². The minimum Gasteiger partial charge on any atom is -0.355 e. The van der Waals surface area contributed by atoms with Crippen molar-refractivity contribution < 1.29 is 4.79 Å². The number of nitrogens with zero attached hydrogens (tertiary/aromatic N) is 7. The van der Waals surface area contributed by atoms with Crippen LogP contribution in [0, 0.1) is 37.0 Å². The van der Waals surface area contributed by atoms with E-state index in [-0.39, 0.29) is 17.9 Å². The molecule has 9 nitrogen and oxygen atoms in total. The third-order valence-electron chi connectivity index (χ3n) is 7.73. The predicted octanol–water partition coefficient (Wildman–Crippen LogP) is 4.19. The maximum absolute atomic E-state index is 13.8. The minimum atomic E-state index is -0.107. The number of amides is 1. The number of likely N-dealkylation sites (tertiary alicyclic amines) is 1. The van der Waals surface area contributed by atoms with Crippen LogP contribution in [0.3, 0.4) is 0 Å². The third kappa shape index (κ3) is 3.68. The van der Waals surface area contributed by atoms with Crippen molar-refractivity contribution in [3.05, 3.63) is 53.0 Å². The van der Waals surface area contributed by atoms with E-state index >= 15 is 0 Å². The van der Waals surface area contributed by atoms with Gasteiger partial charge in [0, 0.05) is 42.8 Å². The molecule has 6 rings (SSSR count). The van der Waals surface area contributed by atoms with Gasteiger partial charge in [0.2, 0.25) is 0 Å². The molecule has 0 unspecified atom stereocenters. The summed E-state index contributed by atoms with van der Waals surface area (Å²) in [6.45, 7) is 8.39. The molecule has 0 spiro atoms. The first kappa shape index (κ1) is 22.5. The van der Waals surface area contributed by atoms with Crippen LogP contribution in [0.15, 0.2) is 30.6 Å². The van der Waals surface area contributed by atoms with E-state index in [2.05, 4.69) is 28.1 Å². The van der Waals surface area contributed by atoms with E-state index in [4.69, 9.17) is 10.1 Å². The molecular weight excluding hydrogens is 452 g/mol. The van der Waals surface area contributed by atoms with Crippen LogP contribution >= 0.6 is 0 Å². The number of rotatable bonds is 3. The van der Waals surface area contributed by atoms with Crippen molar-refractivity contribution in [1.29, 1.82) is 5.26 Å². The maximum Gasteiger partial charge on any atom is 0.256 e. The second-order valence-electron chi connectivity index (χ2n) is 10.4. The Morgan fingerprint density at radius 1 is 1.19 bits per heavy atom. The molecule has 0 bridgehead atoms. The third-order valence-corrected chi connectivity index (χ3v) is 7.73. The van der Waals surface area contributed by atoms with Crippen molar-refractivity contribution in [2.24, 2.45) is 11.8 Å². The smallest absolute Gasteiger partial charge is 0.256 e. The summed E-state index contributed by atoms with van der Waals surface area (Å²) >= 11 is 0. The number of hydrogen-bond acceptors (Lipinski definition) is 6. The number of fused-ring (bicyclic) bond motifs is 2. The number of benzene rings is 1. The van der Waals surface area contributed by atoms with E-state index < -0.39 is 0 Å². The van der Waals surface area contributed by atoms with Crippen LogP contribution in [0.4, 0.5) is 5.82 Å². The van der Waals surface area contributed by atoms with Gasteiger partial charge in [-0.25, -0.2) is 9.50 Å². The molecule has 0 radical (unpaired) electrons. The van der Waals surface area contributed by atoms with Crippen LogP contribution < -0.4 is 4.90 Å². The first-order valence-electron chi connectivity index (χ1n) is 12.7. The first-order valence-corrected chi connectivity index (χ1v) is 12.7. The lowest BCUT2D eigenvalue weighted by molar-refractivity contribution is 0.0607. The molecule has 36 heavy (non-hydrogen) atoms. The summed E-state index contributed by atoms with van der Waals surface area (Å²) in [7, 11) is 0. The van der Waals surface area contributed by atoms with Crippen LogP contribution in [0.1, 0.15) is 59.4 Å². The molecule has 2 saturated heterocycles. The van der Waals surface area contributed by atoms with Crippen LogP contribution in [0.5, 0.6) is 0 Å². The fraction of sp³-hybridized carbons (Fsp3) is 0.444. The zero-order valence-electron chi connectivity index (χ0n) is 20.9. The van der Waals surface area contributed by atoms with E-state index in [9.17, 15) is 10.1 Å². The number of H-pyrrole nitrogens is 1. The van der Waals surface area contributed by atoms with Gasteiger partial charge in [-0.05, 0) is 56.7 Å². The Morgan fingerprint density at radius 2 is 2.06 bits per heavy atom. The molecule has 2 aliphatic rings. The lowest BCUT2D eigenvalue weighted by Crippen LogP contribution is -2.38. The second kappa shape index (κ2) is 8.63. The number of nitriles is 1. The number of aryl methyl sites for hydroxylation is 2. The van der Waals surface area contributed by atoms with Gasteiger partial charge in [-0.1, -0.05) is 6.92 Å². The van der Waals surface area contributed by atoms with Gasteiger partial charge in [0.1, 0.15) is 5.82 Å². The van der Waals surface area contributed by atoms with Gasteiger partial charge in [0.25, 0.3) is 5.91 Å². The number of piperidine rings is 1. The highest BCUT2D eigenvalue weighted by Gasteiger charge is 2.33. The molecule has 1 amide bonds. The molecule has 3 atom stereocenters. The predicted molar refractivity (Wildman–Crippen MR) is 137 cm³/mol. The molecule has 4 aromatic rings. The largest absolute Gasteiger partial charge is 0.355 e. The normalized spacial score (nSPS) is 22.4. The molecule has 184 valence electrons. The summed E-state index contributed by atoms with van der Waals surface area (Å²) in [4.78, 5) is 23.0. The van der Waals surface area contributed by atoms with Crippen molar-refractivity contribution in [3.8, 4) is 6.07 Å². The Morgan fingerprint density at radius 3 is 2.86 bits per heavy atom. The second-order valence-corrected chi connectivity index (χ2v) is 10.4. The molecule has 0 saturated carbocycles. The SMILES string of the molecule is Cc1cc(C(=O)N2CCCC[C@H]2c2cc3nc(N4C[C@@H](C#N)[C@@H](C)C4)c(C)cn3n2)c2[nH]ncc2c1. The Hall–Kier alpha value is -3.93. The van der Waals surface area contributed by atoms with E-state index in [1.165, 1.54) is 0 Å². The average molecular weight is 483 g/mol. The number of aromatic nitrogens is 5. The van der Waals surface area contributed by atoms with Crippen LogP contribution in [0.2, 0.25) is 0 Å². The highest BCUT2D eigenvalue weighted by atomic mass is 16.2. The minimum absolute atomic E-state index is 0.00753. The Kier molecular flexibility index (Phi) is 5.40. The molecule has 2 aliphatic heterocycles. The number of carbonyl (C=O) groups is 1. The summed E-state index contributed by atoms with van der Waals surface area (Å²) in [6, 6.07) is 8.32. The monoisotopic (exact) mass is 482 g/mol. The number of hydrogen-bond donors (Lipinski definition) is 1.